The van der Waals surface area contributed by atoms with Gasteiger partial charge < -0.3 is 4.90 Å². The van der Waals surface area contributed by atoms with Crippen molar-refractivity contribution in [3.63, 3.8) is 0 Å². The lowest BCUT2D eigenvalue weighted by Crippen LogP contribution is -2.09. The molecule has 0 aliphatic carbocycles. The van der Waals surface area contributed by atoms with Crippen LogP contribution in [0.5, 0.6) is 0 Å². The van der Waals surface area contributed by atoms with E-state index in [4.69, 9.17) is 2.74 Å². The van der Waals surface area contributed by atoms with Crippen molar-refractivity contribution in [3.05, 3.63) is 163 Å². The molecule has 0 heterocycles. The SMILES string of the molecule is [2H]/C(=C(/[2H])c1ccc2ccc3cccc4ccc1c2c34)c1ccc(N(c2ccccc2)c2ccc3ccccc3c2)cc1. The molecule has 41 heavy (non-hydrogen) atoms. The summed E-state index contributed by atoms with van der Waals surface area (Å²) in [4.78, 5) is 2.23. The molecule has 8 rings (SSSR count). The van der Waals surface area contributed by atoms with Crippen LogP contribution in [0.1, 0.15) is 13.9 Å². The number of fused-ring (bicyclic) bond motifs is 1. The van der Waals surface area contributed by atoms with Gasteiger partial charge in [-0.25, -0.2) is 0 Å². The smallest absolute Gasteiger partial charge is 0.0629 e. The Kier molecular flexibility index (Phi) is 5.05. The van der Waals surface area contributed by atoms with Crippen LogP contribution in [0.4, 0.5) is 17.1 Å². The second kappa shape index (κ2) is 9.66. The molecule has 0 bridgehead atoms. The minimum absolute atomic E-state index is 0.207. The van der Waals surface area contributed by atoms with Gasteiger partial charge in [0.05, 0.1) is 2.74 Å². The highest BCUT2D eigenvalue weighted by atomic mass is 15.1. The van der Waals surface area contributed by atoms with E-state index in [1.165, 1.54) is 26.9 Å². The van der Waals surface area contributed by atoms with Gasteiger partial charge in [-0.15, -0.1) is 0 Å². The van der Waals surface area contributed by atoms with Gasteiger partial charge in [0.25, 0.3) is 0 Å². The van der Waals surface area contributed by atoms with Gasteiger partial charge in [0.2, 0.25) is 0 Å². The molecule has 8 aromatic rings. The van der Waals surface area contributed by atoms with E-state index in [1.807, 2.05) is 48.5 Å². The zero-order valence-corrected chi connectivity index (χ0v) is 22.4. The number of anilines is 3. The molecule has 0 N–H and O–H groups in total. The van der Waals surface area contributed by atoms with Gasteiger partial charge in [-0.05, 0) is 90.6 Å². The number of nitrogens with zero attached hydrogens (tertiary/aromatic N) is 1. The summed E-state index contributed by atoms with van der Waals surface area (Å²) in [6.45, 7) is 0. The maximum atomic E-state index is 9.14. The van der Waals surface area contributed by atoms with Crippen molar-refractivity contribution in [2.45, 2.75) is 0 Å². The minimum atomic E-state index is 0.207. The summed E-state index contributed by atoms with van der Waals surface area (Å²) < 4.78 is 18.2. The molecule has 0 amide bonds. The van der Waals surface area contributed by atoms with Crippen LogP contribution in [-0.2, 0) is 0 Å². The van der Waals surface area contributed by atoms with Gasteiger partial charge >= 0.3 is 0 Å². The van der Waals surface area contributed by atoms with E-state index < -0.39 is 0 Å². The standard InChI is InChI=1S/C40H27N/c1-2-11-35(12-3-1)41(37-25-21-29-7-4-5-8-34(29)27-37)36-23-14-28(15-24-36)13-16-30-17-18-33-20-19-31-9-6-10-32-22-26-38(30)40(33)39(31)32/h1-27H/b16-13+/i13D,16D. The number of hydrogen-bond donors (Lipinski definition) is 0. The third-order valence-corrected chi connectivity index (χ3v) is 8.00. The molecule has 0 radical (unpaired) electrons. The molecule has 0 fully saturated rings. The Hall–Kier alpha value is -5.40. The van der Waals surface area contributed by atoms with Crippen molar-refractivity contribution in [1.29, 1.82) is 0 Å². The summed E-state index contributed by atoms with van der Waals surface area (Å²) >= 11 is 0. The maximum absolute atomic E-state index is 9.14. The van der Waals surface area contributed by atoms with Gasteiger partial charge in [0, 0.05) is 17.1 Å². The molecule has 0 saturated heterocycles. The Balaban J connectivity index is 1.22. The van der Waals surface area contributed by atoms with Crippen molar-refractivity contribution in [3.8, 4) is 0 Å². The highest BCUT2D eigenvalue weighted by Crippen LogP contribution is 2.38. The first-order chi connectivity index (χ1) is 21.2. The lowest BCUT2D eigenvalue weighted by molar-refractivity contribution is 1.29. The lowest BCUT2D eigenvalue weighted by Gasteiger charge is -2.26. The summed E-state index contributed by atoms with van der Waals surface area (Å²) in [5, 5.41) is 9.32. The molecule has 0 aromatic heterocycles. The summed E-state index contributed by atoms with van der Waals surface area (Å²) in [7, 11) is 0. The summed E-state index contributed by atoms with van der Waals surface area (Å²) in [5.41, 5.74) is 4.61. The van der Waals surface area contributed by atoms with Crippen molar-refractivity contribution >= 4 is 72.3 Å². The van der Waals surface area contributed by atoms with Crippen molar-refractivity contribution in [2.24, 2.45) is 0 Å². The molecule has 8 aromatic carbocycles. The van der Waals surface area contributed by atoms with Crippen LogP contribution in [0.15, 0.2) is 152 Å². The Labute approximate surface area is 242 Å². The van der Waals surface area contributed by atoms with Crippen LogP contribution in [0.25, 0.3) is 55.2 Å². The van der Waals surface area contributed by atoms with Gasteiger partial charge in [0.15, 0.2) is 0 Å². The topological polar surface area (TPSA) is 3.24 Å². The highest BCUT2D eigenvalue weighted by molar-refractivity contribution is 6.24. The van der Waals surface area contributed by atoms with Crippen molar-refractivity contribution in [2.75, 3.05) is 4.90 Å². The van der Waals surface area contributed by atoms with Crippen LogP contribution in [-0.4, -0.2) is 0 Å². The molecular formula is C40H27N. The van der Waals surface area contributed by atoms with E-state index in [-0.39, 0.29) is 12.1 Å². The Morgan fingerprint density at radius 3 is 1.80 bits per heavy atom. The summed E-state index contributed by atoms with van der Waals surface area (Å²) in [6.07, 6.45) is 0. The van der Waals surface area contributed by atoms with E-state index in [0.29, 0.717) is 5.56 Å². The molecular weight excluding hydrogens is 494 g/mol. The first kappa shape index (κ1) is 21.4. The van der Waals surface area contributed by atoms with Gasteiger partial charge in [-0.2, -0.15) is 0 Å². The van der Waals surface area contributed by atoms with E-state index in [9.17, 15) is 0 Å². The van der Waals surface area contributed by atoms with Gasteiger partial charge in [-0.1, -0.05) is 127 Å². The van der Waals surface area contributed by atoms with Gasteiger partial charge in [0.1, 0.15) is 0 Å². The highest BCUT2D eigenvalue weighted by Gasteiger charge is 2.13. The van der Waals surface area contributed by atoms with Crippen LogP contribution in [0.3, 0.4) is 0 Å². The molecule has 0 atom stereocenters. The average Bonchev–Trinajstić information content (AvgIpc) is 3.07. The van der Waals surface area contributed by atoms with Crippen molar-refractivity contribution in [1.82, 2.24) is 0 Å². The average molecular weight is 524 g/mol. The second-order valence-electron chi connectivity index (χ2n) is 10.5. The fraction of sp³-hybridized carbons (Fsp3) is 0. The first-order valence-corrected chi connectivity index (χ1v) is 13.9. The third kappa shape index (κ3) is 4.11. The fourth-order valence-electron chi connectivity index (χ4n) is 6.02. The van der Waals surface area contributed by atoms with Crippen LogP contribution >= 0.6 is 0 Å². The molecule has 192 valence electrons. The molecule has 1 nitrogen and oxygen atoms in total. The largest absolute Gasteiger partial charge is 0.310 e. The van der Waals surface area contributed by atoms with Crippen LogP contribution < -0.4 is 4.90 Å². The number of hydrogen-bond acceptors (Lipinski definition) is 1. The minimum Gasteiger partial charge on any atom is -0.310 e. The fourth-order valence-corrected chi connectivity index (χ4v) is 6.02. The number of rotatable bonds is 5. The third-order valence-electron chi connectivity index (χ3n) is 8.00. The first-order valence-electron chi connectivity index (χ1n) is 14.9. The Morgan fingerprint density at radius 1 is 0.415 bits per heavy atom. The lowest BCUT2D eigenvalue weighted by atomic mass is 9.92. The molecule has 0 unspecified atom stereocenters. The van der Waals surface area contributed by atoms with Gasteiger partial charge in [-0.3, -0.25) is 0 Å². The quantitative estimate of drug-likeness (QED) is 0.160. The predicted molar refractivity (Wildman–Crippen MR) is 178 cm³/mol. The van der Waals surface area contributed by atoms with E-state index >= 15 is 0 Å². The monoisotopic (exact) mass is 523 g/mol. The summed E-state index contributed by atoms with van der Waals surface area (Å²) in [5.74, 6) is 0. The van der Waals surface area contributed by atoms with Crippen LogP contribution in [0.2, 0.25) is 0 Å². The zero-order valence-electron chi connectivity index (χ0n) is 24.4. The summed E-state index contributed by atoms with van der Waals surface area (Å²) in [6, 6.07) is 52.6. The zero-order chi connectivity index (χ0) is 28.9. The molecule has 0 saturated carbocycles. The molecule has 0 aliphatic rings. The van der Waals surface area contributed by atoms with E-state index in [0.717, 1.165) is 38.8 Å². The molecule has 0 spiro atoms. The number of benzene rings is 8. The number of para-hydroxylation sites is 1. The normalized spacial score (nSPS) is 13.0. The molecule has 0 aliphatic heterocycles. The van der Waals surface area contributed by atoms with E-state index in [1.54, 1.807) is 0 Å². The Morgan fingerprint density at radius 2 is 1.00 bits per heavy atom. The van der Waals surface area contributed by atoms with Crippen molar-refractivity contribution < 1.29 is 2.74 Å². The maximum Gasteiger partial charge on any atom is 0.0629 e. The Bertz CT molecular complexity index is 2290. The predicted octanol–water partition coefficient (Wildman–Crippen LogP) is 11.4. The van der Waals surface area contributed by atoms with E-state index in [2.05, 4.69) is 108 Å². The van der Waals surface area contributed by atoms with Crippen LogP contribution in [0, 0.1) is 0 Å². The molecule has 1 heteroatoms. The second-order valence-corrected chi connectivity index (χ2v) is 10.5.